The topological polar surface area (TPSA) is 121 Å². The van der Waals surface area contributed by atoms with E-state index in [0.717, 1.165) is 11.3 Å². The maximum Gasteiger partial charge on any atom is 0.344 e. The maximum atomic E-state index is 12.5. The predicted octanol–water partition coefficient (Wildman–Crippen LogP) is 4.34. The van der Waals surface area contributed by atoms with Crippen LogP contribution in [0.15, 0.2) is 52.5 Å². The fraction of sp³-hybridized carbons (Fsp3) is 0.250. The molecule has 178 valence electrons. The van der Waals surface area contributed by atoms with Crippen LogP contribution in [-0.2, 0) is 19.1 Å². The van der Waals surface area contributed by atoms with Crippen LogP contribution in [0.2, 0.25) is 0 Å². The average molecular weight is 486 g/mol. The summed E-state index contributed by atoms with van der Waals surface area (Å²) >= 11 is 1.12. The quantitative estimate of drug-likeness (QED) is 0.315. The number of hydrogen-bond donors (Lipinski definition) is 1. The predicted molar refractivity (Wildman–Crippen MR) is 124 cm³/mol. The number of thiophene rings is 1. The summed E-state index contributed by atoms with van der Waals surface area (Å²) in [5.41, 5.74) is 1.20. The first kappa shape index (κ1) is 24.7. The van der Waals surface area contributed by atoms with Crippen molar-refractivity contribution in [3.8, 4) is 17.1 Å². The number of rotatable bonds is 11. The molecular weight excluding hydrogens is 462 g/mol. The van der Waals surface area contributed by atoms with E-state index in [1.807, 2.05) is 0 Å². The number of carbonyl (C=O) groups excluding carboxylic acids is 4. The van der Waals surface area contributed by atoms with Crippen molar-refractivity contribution in [2.75, 3.05) is 25.1 Å². The normalized spacial score (nSPS) is 10.4. The molecule has 0 atom stereocenters. The second-order valence-corrected chi connectivity index (χ2v) is 7.73. The Morgan fingerprint density at radius 2 is 1.76 bits per heavy atom. The van der Waals surface area contributed by atoms with Crippen molar-refractivity contribution in [1.82, 2.24) is 0 Å². The number of Topliss-reactive ketones (excluding diaryl/α,β-unsaturated/α-hetero) is 1. The molecule has 1 N–H and O–H groups in total. The van der Waals surface area contributed by atoms with Gasteiger partial charge in [-0.05, 0) is 43.3 Å². The molecule has 34 heavy (non-hydrogen) atoms. The van der Waals surface area contributed by atoms with E-state index < -0.39 is 31.1 Å². The van der Waals surface area contributed by atoms with E-state index in [-0.39, 0.29) is 23.0 Å². The molecule has 0 unspecified atom stereocenters. The Balaban J connectivity index is 1.54. The lowest BCUT2D eigenvalue weighted by Crippen LogP contribution is -2.24. The van der Waals surface area contributed by atoms with Crippen molar-refractivity contribution in [1.29, 1.82) is 0 Å². The molecule has 0 aliphatic rings. The number of ketones is 1. The van der Waals surface area contributed by atoms with Crippen LogP contribution in [0.25, 0.3) is 11.3 Å². The van der Waals surface area contributed by atoms with Gasteiger partial charge in [-0.1, -0.05) is 6.92 Å². The van der Waals surface area contributed by atoms with E-state index in [0.29, 0.717) is 29.1 Å². The highest BCUT2D eigenvalue weighted by atomic mass is 32.1. The van der Waals surface area contributed by atoms with Gasteiger partial charge in [0.05, 0.1) is 12.9 Å². The first-order valence-electron chi connectivity index (χ1n) is 10.5. The number of hydrogen-bond acceptors (Lipinski definition) is 9. The minimum atomic E-state index is -0.753. The zero-order chi connectivity index (χ0) is 24.5. The van der Waals surface area contributed by atoms with Gasteiger partial charge < -0.3 is 23.9 Å². The molecule has 0 spiro atoms. The van der Waals surface area contributed by atoms with E-state index in [9.17, 15) is 19.2 Å². The maximum absolute atomic E-state index is 12.5. The molecule has 0 aliphatic carbocycles. The number of anilines is 1. The van der Waals surface area contributed by atoms with Gasteiger partial charge in [0.15, 0.2) is 19.0 Å². The summed E-state index contributed by atoms with van der Waals surface area (Å²) in [5, 5.41) is 4.49. The zero-order valence-corrected chi connectivity index (χ0v) is 19.4. The highest BCUT2D eigenvalue weighted by Crippen LogP contribution is 2.36. The van der Waals surface area contributed by atoms with Gasteiger partial charge >= 0.3 is 11.9 Å². The summed E-state index contributed by atoms with van der Waals surface area (Å²) in [6.07, 6.45) is 1.87. The van der Waals surface area contributed by atoms with Gasteiger partial charge in [0.25, 0.3) is 5.91 Å². The molecule has 0 radical (unpaired) electrons. The van der Waals surface area contributed by atoms with Gasteiger partial charge in [0, 0.05) is 22.9 Å². The Labute approximate surface area is 199 Å². The van der Waals surface area contributed by atoms with Gasteiger partial charge in [0.2, 0.25) is 0 Å². The molecule has 0 fully saturated rings. The SMILES string of the molecule is CCOC(=O)c1c(-c2ccco2)csc1NC(=O)COC(=O)COc1ccc(C(=O)CC)cc1. The molecule has 0 bridgehead atoms. The molecule has 2 aromatic heterocycles. The fourth-order valence-electron chi connectivity index (χ4n) is 2.90. The van der Waals surface area contributed by atoms with Gasteiger partial charge in [-0.25, -0.2) is 9.59 Å². The molecule has 1 aromatic carbocycles. The van der Waals surface area contributed by atoms with Crippen molar-refractivity contribution in [3.05, 3.63) is 59.2 Å². The summed E-state index contributed by atoms with van der Waals surface area (Å²) < 4.78 is 20.7. The third-order valence-corrected chi connectivity index (χ3v) is 5.42. The van der Waals surface area contributed by atoms with Crippen LogP contribution in [0, 0.1) is 0 Å². The Kier molecular flexibility index (Phi) is 8.58. The Morgan fingerprint density at radius 1 is 1.00 bits per heavy atom. The third-order valence-electron chi connectivity index (χ3n) is 4.53. The van der Waals surface area contributed by atoms with Gasteiger partial charge in [-0.3, -0.25) is 9.59 Å². The number of ether oxygens (including phenoxy) is 3. The molecular formula is C24H23NO8S. The third kappa shape index (κ3) is 6.32. The van der Waals surface area contributed by atoms with Crippen molar-refractivity contribution >= 4 is 40.0 Å². The minimum Gasteiger partial charge on any atom is -0.482 e. The number of carbonyl (C=O) groups is 4. The summed E-state index contributed by atoms with van der Waals surface area (Å²) in [6, 6.07) is 9.74. The molecule has 10 heteroatoms. The largest absolute Gasteiger partial charge is 0.482 e. The highest BCUT2D eigenvalue weighted by molar-refractivity contribution is 7.15. The monoisotopic (exact) mass is 485 g/mol. The van der Waals surface area contributed by atoms with Crippen LogP contribution in [0.1, 0.15) is 41.0 Å². The molecule has 2 heterocycles. The van der Waals surface area contributed by atoms with Crippen molar-refractivity contribution < 1.29 is 37.8 Å². The lowest BCUT2D eigenvalue weighted by Gasteiger charge is -2.09. The van der Waals surface area contributed by atoms with Crippen LogP contribution in [-0.4, -0.2) is 43.4 Å². The molecule has 0 aliphatic heterocycles. The van der Waals surface area contributed by atoms with Crippen LogP contribution >= 0.6 is 11.3 Å². The Bertz CT molecular complexity index is 1150. The van der Waals surface area contributed by atoms with Gasteiger partial charge in [0.1, 0.15) is 22.1 Å². The molecule has 0 saturated heterocycles. The van der Waals surface area contributed by atoms with E-state index in [1.54, 1.807) is 55.6 Å². The number of furan rings is 1. The molecule has 1 amide bonds. The van der Waals surface area contributed by atoms with E-state index in [2.05, 4.69) is 5.32 Å². The highest BCUT2D eigenvalue weighted by Gasteiger charge is 2.24. The summed E-state index contributed by atoms with van der Waals surface area (Å²) in [7, 11) is 0. The van der Waals surface area contributed by atoms with Gasteiger partial charge in [-0.15, -0.1) is 11.3 Å². The zero-order valence-electron chi connectivity index (χ0n) is 18.6. The van der Waals surface area contributed by atoms with Crippen LogP contribution in [0.5, 0.6) is 5.75 Å². The second kappa shape index (κ2) is 11.8. The number of nitrogens with one attached hydrogen (secondary N) is 1. The smallest absolute Gasteiger partial charge is 0.344 e. The average Bonchev–Trinajstić information content (AvgIpc) is 3.51. The fourth-order valence-corrected chi connectivity index (χ4v) is 3.86. The number of esters is 2. The molecule has 0 saturated carbocycles. The summed E-state index contributed by atoms with van der Waals surface area (Å²) in [5.74, 6) is -1.15. The van der Waals surface area contributed by atoms with Crippen molar-refractivity contribution in [3.63, 3.8) is 0 Å². The van der Waals surface area contributed by atoms with E-state index >= 15 is 0 Å². The van der Waals surface area contributed by atoms with Crippen molar-refractivity contribution in [2.24, 2.45) is 0 Å². The number of amides is 1. The van der Waals surface area contributed by atoms with E-state index in [4.69, 9.17) is 18.6 Å². The molecule has 3 rings (SSSR count). The van der Waals surface area contributed by atoms with Crippen LogP contribution in [0.3, 0.4) is 0 Å². The van der Waals surface area contributed by atoms with Crippen LogP contribution < -0.4 is 10.1 Å². The lowest BCUT2D eigenvalue weighted by molar-refractivity contribution is -0.149. The Hall–Kier alpha value is -3.92. The van der Waals surface area contributed by atoms with Gasteiger partial charge in [-0.2, -0.15) is 0 Å². The van der Waals surface area contributed by atoms with E-state index in [1.165, 1.54) is 6.26 Å². The summed E-state index contributed by atoms with van der Waals surface area (Å²) in [4.78, 5) is 48.4. The summed E-state index contributed by atoms with van der Waals surface area (Å²) in [6.45, 7) is 2.63. The van der Waals surface area contributed by atoms with Crippen molar-refractivity contribution in [2.45, 2.75) is 20.3 Å². The Morgan fingerprint density at radius 3 is 2.41 bits per heavy atom. The first-order chi connectivity index (χ1) is 16.4. The second-order valence-electron chi connectivity index (χ2n) is 6.85. The lowest BCUT2D eigenvalue weighted by atomic mass is 10.1. The minimum absolute atomic E-state index is 0.00473. The van der Waals surface area contributed by atoms with Crippen LogP contribution in [0.4, 0.5) is 5.00 Å². The number of benzene rings is 1. The molecule has 9 nitrogen and oxygen atoms in total. The molecule has 3 aromatic rings. The standard InChI is InChI=1S/C24H23NO8S/c1-3-18(26)15-7-9-16(10-8-15)32-13-21(28)33-12-20(27)25-23-22(24(29)30-4-2)17(14-34-23)19-6-5-11-31-19/h5-11,14H,3-4,12-13H2,1-2H3,(H,25,27). The first-order valence-corrected chi connectivity index (χ1v) is 11.3.